The van der Waals surface area contributed by atoms with E-state index in [9.17, 15) is 4.79 Å². The molecule has 1 atom stereocenters. The van der Waals surface area contributed by atoms with Crippen molar-refractivity contribution < 1.29 is 14.7 Å². The third kappa shape index (κ3) is 4.63. The first-order valence-electron chi connectivity index (χ1n) is 7.47. The minimum atomic E-state index is -0.374. The average Bonchev–Trinajstić information content (AvgIpc) is 3.23. The zero-order valence-corrected chi connectivity index (χ0v) is 13.9. The summed E-state index contributed by atoms with van der Waals surface area (Å²) < 4.78 is 3.10. The summed E-state index contributed by atoms with van der Waals surface area (Å²) in [6, 6.07) is 9.24. The number of anilines is 1. The number of nitrogens with one attached hydrogen (secondary N) is 1. The van der Waals surface area contributed by atoms with Crippen LogP contribution in [0.15, 0.2) is 42.7 Å². The number of nitrogens with two attached hydrogens (primary N) is 1. The summed E-state index contributed by atoms with van der Waals surface area (Å²) in [5.74, 6) is 0.559. The Bertz CT molecular complexity index is 845. The lowest BCUT2D eigenvalue weighted by Crippen LogP contribution is -2.34. The molecular formula is C15H18N8O3. The van der Waals surface area contributed by atoms with Gasteiger partial charge < -0.3 is 20.7 Å². The van der Waals surface area contributed by atoms with E-state index in [2.05, 4.69) is 25.8 Å². The standard InChI is InChI=1S/C14H16N8O.CH2O2/c1-21-8-7-16-13(21)12(10-5-3-2-4-6-10)17-11(23)9-22-14(15)18-19-20-22;2-1-3/h2-8,12H,9H2,1H3,(H,17,23)(H2,15,18,20);1H,(H,2,3). The summed E-state index contributed by atoms with van der Waals surface area (Å²) in [5.41, 5.74) is 6.51. The van der Waals surface area contributed by atoms with Crippen LogP contribution in [0.4, 0.5) is 5.95 Å². The summed E-state index contributed by atoms with van der Waals surface area (Å²) in [6.45, 7) is -0.313. The highest BCUT2D eigenvalue weighted by molar-refractivity contribution is 5.76. The molecule has 11 nitrogen and oxygen atoms in total. The number of rotatable bonds is 5. The molecule has 11 heteroatoms. The van der Waals surface area contributed by atoms with Gasteiger partial charge in [0.1, 0.15) is 18.4 Å². The molecule has 0 aliphatic rings. The molecule has 0 bridgehead atoms. The third-order valence-corrected chi connectivity index (χ3v) is 3.41. The van der Waals surface area contributed by atoms with Crippen molar-refractivity contribution in [2.24, 2.45) is 7.05 Å². The van der Waals surface area contributed by atoms with Gasteiger partial charge in [-0.3, -0.25) is 9.59 Å². The maximum atomic E-state index is 12.3. The molecular weight excluding hydrogens is 340 g/mol. The quantitative estimate of drug-likeness (QED) is 0.520. The van der Waals surface area contributed by atoms with Gasteiger partial charge in [-0.25, -0.2) is 9.67 Å². The Kier molecular flexibility index (Phi) is 6.37. The maximum Gasteiger partial charge on any atom is 0.290 e. The number of tetrazole rings is 1. The molecule has 4 N–H and O–H groups in total. The summed E-state index contributed by atoms with van der Waals surface area (Å²) in [6.07, 6.45) is 3.52. The predicted molar refractivity (Wildman–Crippen MR) is 90.6 cm³/mol. The monoisotopic (exact) mass is 358 g/mol. The number of aryl methyl sites for hydroxylation is 1. The highest BCUT2D eigenvalue weighted by atomic mass is 16.3. The van der Waals surface area contributed by atoms with E-state index in [0.29, 0.717) is 0 Å². The molecule has 0 radical (unpaired) electrons. The maximum absolute atomic E-state index is 12.3. The number of carbonyl (C=O) groups is 2. The van der Waals surface area contributed by atoms with Gasteiger partial charge in [0.25, 0.3) is 6.47 Å². The molecule has 26 heavy (non-hydrogen) atoms. The zero-order chi connectivity index (χ0) is 18.9. The minimum absolute atomic E-state index is 0.0629. The van der Waals surface area contributed by atoms with Crippen LogP contribution in [0.3, 0.4) is 0 Å². The number of carbonyl (C=O) groups excluding carboxylic acids is 1. The van der Waals surface area contributed by atoms with Crippen LogP contribution < -0.4 is 11.1 Å². The Morgan fingerprint density at radius 3 is 2.62 bits per heavy atom. The molecule has 2 heterocycles. The highest BCUT2D eigenvalue weighted by Crippen LogP contribution is 2.20. The SMILES string of the molecule is Cn1ccnc1C(NC(=O)Cn1nnnc1N)c1ccccc1.O=CO. The van der Waals surface area contributed by atoms with Crippen molar-refractivity contribution in [3.63, 3.8) is 0 Å². The molecule has 1 aromatic carbocycles. The number of imidazole rings is 1. The van der Waals surface area contributed by atoms with Crippen LogP contribution in [0.1, 0.15) is 17.4 Å². The van der Waals surface area contributed by atoms with Gasteiger partial charge in [-0.05, 0) is 16.0 Å². The molecule has 3 rings (SSSR count). The van der Waals surface area contributed by atoms with Gasteiger partial charge in [-0.15, -0.1) is 0 Å². The van der Waals surface area contributed by atoms with Crippen LogP contribution in [-0.2, 0) is 23.2 Å². The Morgan fingerprint density at radius 2 is 2.08 bits per heavy atom. The molecule has 0 aliphatic carbocycles. The predicted octanol–water partition coefficient (Wildman–Crippen LogP) is -0.405. The molecule has 0 spiro atoms. The first kappa shape index (κ1) is 18.6. The Labute approximate surface area is 148 Å². The number of nitrogen functional groups attached to an aromatic ring is 1. The van der Waals surface area contributed by atoms with E-state index in [4.69, 9.17) is 15.6 Å². The van der Waals surface area contributed by atoms with Crippen molar-refractivity contribution in [2.45, 2.75) is 12.6 Å². The molecule has 136 valence electrons. The second kappa shape index (κ2) is 8.92. The van der Waals surface area contributed by atoms with Gasteiger partial charge >= 0.3 is 0 Å². The topological polar surface area (TPSA) is 154 Å². The molecule has 2 aromatic heterocycles. The van der Waals surface area contributed by atoms with E-state index >= 15 is 0 Å². The second-order valence-corrected chi connectivity index (χ2v) is 5.11. The van der Waals surface area contributed by atoms with Crippen LogP contribution in [0, 0.1) is 0 Å². The zero-order valence-electron chi connectivity index (χ0n) is 13.9. The van der Waals surface area contributed by atoms with Gasteiger partial charge in [0.05, 0.1) is 0 Å². The highest BCUT2D eigenvalue weighted by Gasteiger charge is 2.21. The van der Waals surface area contributed by atoms with Crippen molar-refractivity contribution in [2.75, 3.05) is 5.73 Å². The van der Waals surface area contributed by atoms with E-state index in [0.717, 1.165) is 11.4 Å². The average molecular weight is 358 g/mol. The lowest BCUT2D eigenvalue weighted by Gasteiger charge is -2.19. The number of hydrogen-bond donors (Lipinski definition) is 3. The van der Waals surface area contributed by atoms with Gasteiger partial charge in [-0.2, -0.15) is 0 Å². The lowest BCUT2D eigenvalue weighted by molar-refractivity contribution is -0.123. The molecule has 1 unspecified atom stereocenters. The van der Waals surface area contributed by atoms with Crippen molar-refractivity contribution in [3.8, 4) is 0 Å². The van der Waals surface area contributed by atoms with Crippen molar-refractivity contribution in [1.29, 1.82) is 0 Å². The van der Waals surface area contributed by atoms with Gasteiger partial charge in [0.15, 0.2) is 0 Å². The third-order valence-electron chi connectivity index (χ3n) is 3.41. The molecule has 0 saturated heterocycles. The van der Waals surface area contributed by atoms with Gasteiger partial charge in [-0.1, -0.05) is 35.4 Å². The first-order chi connectivity index (χ1) is 12.6. The van der Waals surface area contributed by atoms with Gasteiger partial charge in [0.2, 0.25) is 11.9 Å². The Hall–Kier alpha value is -3.76. The van der Waals surface area contributed by atoms with E-state index in [-0.39, 0.29) is 30.9 Å². The molecule has 0 fully saturated rings. The summed E-state index contributed by atoms with van der Waals surface area (Å²) in [7, 11) is 1.88. The number of hydrogen-bond acceptors (Lipinski definition) is 7. The van der Waals surface area contributed by atoms with Crippen LogP contribution in [0.5, 0.6) is 0 Å². The number of benzene rings is 1. The van der Waals surface area contributed by atoms with Crippen LogP contribution in [-0.4, -0.2) is 47.2 Å². The van der Waals surface area contributed by atoms with Crippen molar-refractivity contribution in [1.82, 2.24) is 35.1 Å². The lowest BCUT2D eigenvalue weighted by atomic mass is 10.1. The fourth-order valence-electron chi connectivity index (χ4n) is 2.26. The summed E-state index contributed by atoms with van der Waals surface area (Å²) >= 11 is 0. The fraction of sp³-hybridized carbons (Fsp3) is 0.200. The van der Waals surface area contributed by atoms with Gasteiger partial charge in [0, 0.05) is 19.4 Å². The number of amides is 1. The summed E-state index contributed by atoms with van der Waals surface area (Å²) in [4.78, 5) is 25.0. The first-order valence-corrected chi connectivity index (χ1v) is 7.47. The van der Waals surface area contributed by atoms with Crippen molar-refractivity contribution in [3.05, 3.63) is 54.1 Å². The normalized spacial score (nSPS) is 11.1. The Balaban J connectivity index is 0.000000758. The van der Waals surface area contributed by atoms with Crippen LogP contribution in [0.2, 0.25) is 0 Å². The fourth-order valence-corrected chi connectivity index (χ4v) is 2.26. The van der Waals surface area contributed by atoms with Crippen molar-refractivity contribution >= 4 is 18.3 Å². The molecule has 0 aliphatic heterocycles. The Morgan fingerprint density at radius 1 is 1.38 bits per heavy atom. The molecule has 3 aromatic rings. The number of aromatic nitrogens is 6. The largest absolute Gasteiger partial charge is 0.483 e. The number of nitrogens with zero attached hydrogens (tertiary/aromatic N) is 6. The molecule has 0 saturated carbocycles. The van der Waals surface area contributed by atoms with Crippen LogP contribution in [0.25, 0.3) is 0 Å². The minimum Gasteiger partial charge on any atom is -0.483 e. The van der Waals surface area contributed by atoms with E-state index in [1.807, 2.05) is 48.1 Å². The smallest absolute Gasteiger partial charge is 0.290 e. The van der Waals surface area contributed by atoms with E-state index in [1.54, 1.807) is 6.20 Å². The number of carboxylic acid groups (broad SMARTS) is 1. The van der Waals surface area contributed by atoms with E-state index < -0.39 is 0 Å². The summed E-state index contributed by atoms with van der Waals surface area (Å²) in [5, 5.41) is 20.5. The second-order valence-electron chi connectivity index (χ2n) is 5.11. The van der Waals surface area contributed by atoms with Crippen LogP contribution >= 0.6 is 0 Å². The molecule has 1 amide bonds. The van der Waals surface area contributed by atoms with E-state index in [1.165, 1.54) is 4.68 Å².